The highest BCUT2D eigenvalue weighted by Crippen LogP contribution is 2.24. The summed E-state index contributed by atoms with van der Waals surface area (Å²) in [4.78, 5) is 14.2. The maximum absolute atomic E-state index is 11.2. The standard InChI is InChI=1S/C11H11NO3/c1-15-11(14)10(13)8-3-2-4-9-7(8)5-6-12-9/h2-6,10,12-13H,1H3. The summed E-state index contributed by atoms with van der Waals surface area (Å²) in [5.74, 6) is -0.649. The molecule has 0 spiro atoms. The van der Waals surface area contributed by atoms with Gasteiger partial charge in [0.1, 0.15) is 0 Å². The van der Waals surface area contributed by atoms with E-state index in [4.69, 9.17) is 0 Å². The Morgan fingerprint density at radius 3 is 3.00 bits per heavy atom. The molecule has 1 heterocycles. The number of aromatic amines is 1. The van der Waals surface area contributed by atoms with Crippen LogP contribution in [0.4, 0.5) is 0 Å². The number of aromatic nitrogens is 1. The van der Waals surface area contributed by atoms with Gasteiger partial charge >= 0.3 is 5.97 Å². The summed E-state index contributed by atoms with van der Waals surface area (Å²) < 4.78 is 4.49. The van der Waals surface area contributed by atoms with Crippen molar-refractivity contribution in [3.8, 4) is 0 Å². The number of ether oxygens (including phenoxy) is 1. The minimum Gasteiger partial charge on any atom is -0.467 e. The van der Waals surface area contributed by atoms with E-state index < -0.39 is 12.1 Å². The Balaban J connectivity index is 2.51. The molecular formula is C11H11NO3. The summed E-state index contributed by atoms with van der Waals surface area (Å²) in [6, 6.07) is 7.18. The molecule has 0 aliphatic heterocycles. The quantitative estimate of drug-likeness (QED) is 0.728. The Bertz CT molecular complexity index is 489. The molecule has 0 amide bonds. The summed E-state index contributed by atoms with van der Waals surface area (Å²) in [6.45, 7) is 0. The fraction of sp³-hybridized carbons (Fsp3) is 0.182. The highest BCUT2D eigenvalue weighted by Gasteiger charge is 2.19. The number of H-pyrrole nitrogens is 1. The van der Waals surface area contributed by atoms with Gasteiger partial charge in [-0.2, -0.15) is 0 Å². The van der Waals surface area contributed by atoms with Gasteiger partial charge in [0.2, 0.25) is 0 Å². The van der Waals surface area contributed by atoms with Crippen LogP contribution in [0.1, 0.15) is 11.7 Å². The van der Waals surface area contributed by atoms with E-state index in [1.54, 1.807) is 18.3 Å². The molecule has 1 atom stereocenters. The van der Waals surface area contributed by atoms with Crippen molar-refractivity contribution in [1.29, 1.82) is 0 Å². The van der Waals surface area contributed by atoms with E-state index in [0.717, 1.165) is 10.9 Å². The number of methoxy groups -OCH3 is 1. The maximum atomic E-state index is 11.2. The van der Waals surface area contributed by atoms with Gasteiger partial charge in [-0.05, 0) is 12.1 Å². The first-order valence-corrected chi connectivity index (χ1v) is 4.56. The van der Waals surface area contributed by atoms with Crippen LogP contribution in [0.15, 0.2) is 30.5 Å². The number of aliphatic hydroxyl groups excluding tert-OH is 1. The molecule has 1 aromatic heterocycles. The number of hydrogen-bond donors (Lipinski definition) is 2. The number of esters is 1. The molecule has 2 aromatic rings. The van der Waals surface area contributed by atoms with Gasteiger partial charge in [-0.3, -0.25) is 0 Å². The number of nitrogens with one attached hydrogen (secondary N) is 1. The van der Waals surface area contributed by atoms with Crippen LogP contribution in [0, 0.1) is 0 Å². The van der Waals surface area contributed by atoms with Gasteiger partial charge in [-0.1, -0.05) is 12.1 Å². The highest BCUT2D eigenvalue weighted by molar-refractivity contribution is 5.88. The summed E-state index contributed by atoms with van der Waals surface area (Å²) in [7, 11) is 1.25. The second-order valence-corrected chi connectivity index (χ2v) is 3.21. The van der Waals surface area contributed by atoms with E-state index in [2.05, 4.69) is 9.72 Å². The smallest absolute Gasteiger partial charge is 0.339 e. The number of carbonyl (C=O) groups is 1. The van der Waals surface area contributed by atoms with Gasteiger partial charge < -0.3 is 14.8 Å². The summed E-state index contributed by atoms with van der Waals surface area (Å²) in [5.41, 5.74) is 1.44. The van der Waals surface area contributed by atoms with E-state index in [1.165, 1.54) is 7.11 Å². The average molecular weight is 205 g/mol. The van der Waals surface area contributed by atoms with Crippen molar-refractivity contribution in [2.45, 2.75) is 6.10 Å². The van der Waals surface area contributed by atoms with E-state index >= 15 is 0 Å². The first-order chi connectivity index (χ1) is 7.24. The predicted octanol–water partition coefficient (Wildman–Crippen LogP) is 1.37. The van der Waals surface area contributed by atoms with Crippen molar-refractivity contribution >= 4 is 16.9 Å². The van der Waals surface area contributed by atoms with Crippen LogP contribution in [-0.2, 0) is 9.53 Å². The third-order valence-electron chi connectivity index (χ3n) is 2.35. The zero-order chi connectivity index (χ0) is 10.8. The van der Waals surface area contributed by atoms with E-state index in [0.29, 0.717) is 5.56 Å². The third-order valence-corrected chi connectivity index (χ3v) is 2.35. The van der Waals surface area contributed by atoms with Gasteiger partial charge in [0.15, 0.2) is 6.10 Å². The van der Waals surface area contributed by atoms with Crippen LogP contribution < -0.4 is 0 Å². The summed E-state index contributed by atoms with van der Waals surface area (Å²) in [6.07, 6.45) is 0.535. The normalized spacial score (nSPS) is 12.7. The molecule has 4 heteroatoms. The molecule has 1 aromatic carbocycles. The molecule has 0 bridgehead atoms. The fourth-order valence-electron chi connectivity index (χ4n) is 1.59. The highest BCUT2D eigenvalue weighted by atomic mass is 16.5. The zero-order valence-corrected chi connectivity index (χ0v) is 8.23. The lowest BCUT2D eigenvalue weighted by molar-refractivity contribution is -0.150. The van der Waals surface area contributed by atoms with Crippen LogP contribution >= 0.6 is 0 Å². The Morgan fingerprint density at radius 2 is 2.27 bits per heavy atom. The minimum atomic E-state index is -1.23. The maximum Gasteiger partial charge on any atom is 0.339 e. The Morgan fingerprint density at radius 1 is 1.47 bits per heavy atom. The van der Waals surface area contributed by atoms with E-state index in [-0.39, 0.29) is 0 Å². The lowest BCUT2D eigenvalue weighted by Gasteiger charge is -2.09. The second-order valence-electron chi connectivity index (χ2n) is 3.21. The van der Waals surface area contributed by atoms with Gasteiger partial charge in [-0.15, -0.1) is 0 Å². The molecule has 4 nitrogen and oxygen atoms in total. The van der Waals surface area contributed by atoms with Crippen LogP contribution in [0.2, 0.25) is 0 Å². The first-order valence-electron chi connectivity index (χ1n) is 4.56. The lowest BCUT2D eigenvalue weighted by atomic mass is 10.1. The molecule has 78 valence electrons. The first kappa shape index (κ1) is 9.73. The number of carbonyl (C=O) groups excluding carboxylic acids is 1. The van der Waals surface area contributed by atoms with Crippen LogP contribution in [0.25, 0.3) is 10.9 Å². The van der Waals surface area contributed by atoms with Crippen LogP contribution in [-0.4, -0.2) is 23.2 Å². The SMILES string of the molecule is COC(=O)C(O)c1cccc2[nH]ccc12. The average Bonchev–Trinajstić information content (AvgIpc) is 2.74. The lowest BCUT2D eigenvalue weighted by Crippen LogP contribution is -2.13. The Labute approximate surface area is 86.5 Å². The number of hydrogen-bond acceptors (Lipinski definition) is 3. The van der Waals surface area contributed by atoms with Crippen molar-refractivity contribution < 1.29 is 14.6 Å². The number of rotatable bonds is 2. The third kappa shape index (κ3) is 1.59. The molecule has 0 saturated heterocycles. The Hall–Kier alpha value is -1.81. The van der Waals surface area contributed by atoms with Crippen molar-refractivity contribution in [2.24, 2.45) is 0 Å². The molecule has 0 fully saturated rings. The largest absolute Gasteiger partial charge is 0.467 e. The molecule has 2 N–H and O–H groups in total. The van der Waals surface area contributed by atoms with Gasteiger partial charge in [-0.25, -0.2) is 4.79 Å². The van der Waals surface area contributed by atoms with E-state index in [9.17, 15) is 9.90 Å². The predicted molar refractivity (Wildman–Crippen MR) is 55.3 cm³/mol. The second kappa shape index (κ2) is 3.74. The topological polar surface area (TPSA) is 62.3 Å². The minimum absolute atomic E-state index is 0.556. The fourth-order valence-corrected chi connectivity index (χ4v) is 1.59. The number of benzene rings is 1. The van der Waals surface area contributed by atoms with Crippen molar-refractivity contribution in [1.82, 2.24) is 4.98 Å². The molecule has 0 saturated carbocycles. The molecular weight excluding hydrogens is 194 g/mol. The summed E-state index contributed by atoms with van der Waals surface area (Å²) in [5, 5.41) is 10.5. The van der Waals surface area contributed by atoms with Crippen molar-refractivity contribution in [3.63, 3.8) is 0 Å². The van der Waals surface area contributed by atoms with Crippen molar-refractivity contribution in [2.75, 3.05) is 7.11 Å². The molecule has 15 heavy (non-hydrogen) atoms. The molecule has 2 rings (SSSR count). The van der Waals surface area contributed by atoms with E-state index in [1.807, 2.05) is 12.1 Å². The molecule has 0 aliphatic rings. The van der Waals surface area contributed by atoms with Gasteiger partial charge in [0, 0.05) is 22.7 Å². The van der Waals surface area contributed by atoms with Gasteiger partial charge in [0.05, 0.1) is 7.11 Å². The Kier molecular flexibility index (Phi) is 2.43. The van der Waals surface area contributed by atoms with Gasteiger partial charge in [0.25, 0.3) is 0 Å². The summed E-state index contributed by atoms with van der Waals surface area (Å²) >= 11 is 0. The molecule has 1 unspecified atom stereocenters. The number of aliphatic hydroxyl groups is 1. The number of fused-ring (bicyclic) bond motifs is 1. The van der Waals surface area contributed by atoms with Crippen LogP contribution in [0.3, 0.4) is 0 Å². The monoisotopic (exact) mass is 205 g/mol. The molecule has 0 radical (unpaired) electrons. The van der Waals surface area contributed by atoms with Crippen LogP contribution in [0.5, 0.6) is 0 Å². The van der Waals surface area contributed by atoms with Crippen molar-refractivity contribution in [3.05, 3.63) is 36.0 Å². The molecule has 0 aliphatic carbocycles. The zero-order valence-electron chi connectivity index (χ0n) is 8.23.